The molecule has 8 heteroatoms. The Morgan fingerprint density at radius 2 is 1.94 bits per heavy atom. The predicted octanol–water partition coefficient (Wildman–Crippen LogP) is 5.20. The maximum Gasteiger partial charge on any atom is 0.336 e. The Kier molecular flexibility index (Phi) is 8.43. The van der Waals surface area contributed by atoms with Gasteiger partial charge in [-0.25, -0.2) is 4.79 Å². The first-order chi connectivity index (χ1) is 15.0. The number of hydrogen-bond acceptors (Lipinski definition) is 6. The summed E-state index contributed by atoms with van der Waals surface area (Å²) in [6, 6.07) is 14.1. The van der Waals surface area contributed by atoms with Crippen LogP contribution in [0.15, 0.2) is 59.5 Å². The third-order valence-electron chi connectivity index (χ3n) is 4.30. The molecule has 0 saturated carbocycles. The van der Waals surface area contributed by atoms with Gasteiger partial charge in [0.2, 0.25) is 0 Å². The van der Waals surface area contributed by atoms with Crippen LogP contribution >= 0.6 is 35.6 Å². The van der Waals surface area contributed by atoms with Crippen molar-refractivity contribution in [3.8, 4) is 5.75 Å². The number of esters is 1. The average molecular weight is 474 g/mol. The minimum atomic E-state index is -0.510. The Morgan fingerprint density at radius 1 is 1.19 bits per heavy atom. The molecule has 0 N–H and O–H groups in total. The second-order valence-corrected chi connectivity index (χ2v) is 8.61. The molecular formula is C23H20ClNO4S2. The largest absolute Gasteiger partial charge is 0.423 e. The number of rotatable bonds is 8. The second-order valence-electron chi connectivity index (χ2n) is 6.52. The summed E-state index contributed by atoms with van der Waals surface area (Å²) in [6.45, 7) is 1.11. The molecule has 1 amide bonds. The zero-order valence-corrected chi connectivity index (χ0v) is 19.1. The topological polar surface area (TPSA) is 55.8 Å². The molecule has 1 heterocycles. The van der Waals surface area contributed by atoms with E-state index in [1.54, 1.807) is 60.6 Å². The van der Waals surface area contributed by atoms with E-state index in [0.717, 1.165) is 17.5 Å². The highest BCUT2D eigenvalue weighted by molar-refractivity contribution is 8.26. The third kappa shape index (κ3) is 6.51. The average Bonchev–Trinajstić information content (AvgIpc) is 3.02. The normalized spacial score (nSPS) is 15.3. The van der Waals surface area contributed by atoms with Gasteiger partial charge in [-0.05, 0) is 47.9 Å². The van der Waals surface area contributed by atoms with Crippen LogP contribution in [-0.2, 0) is 14.3 Å². The summed E-state index contributed by atoms with van der Waals surface area (Å²) in [7, 11) is 1.63. The Bertz CT molecular complexity index is 1030. The van der Waals surface area contributed by atoms with Crippen LogP contribution in [0.4, 0.5) is 0 Å². The number of thiocarbonyl (C=S) groups is 1. The van der Waals surface area contributed by atoms with Gasteiger partial charge in [-0.15, -0.1) is 0 Å². The van der Waals surface area contributed by atoms with Crippen molar-refractivity contribution in [1.29, 1.82) is 0 Å². The van der Waals surface area contributed by atoms with E-state index in [-0.39, 0.29) is 5.91 Å². The number of methoxy groups -OCH3 is 1. The summed E-state index contributed by atoms with van der Waals surface area (Å²) >= 11 is 12.7. The highest BCUT2D eigenvalue weighted by Crippen LogP contribution is 2.32. The molecule has 31 heavy (non-hydrogen) atoms. The fraction of sp³-hybridized carbons (Fsp3) is 0.174. The highest BCUT2D eigenvalue weighted by atomic mass is 35.5. The molecule has 5 nitrogen and oxygen atoms in total. The summed E-state index contributed by atoms with van der Waals surface area (Å²) in [4.78, 5) is 26.8. The highest BCUT2D eigenvalue weighted by Gasteiger charge is 2.31. The third-order valence-corrected chi connectivity index (χ3v) is 6.03. The quantitative estimate of drug-likeness (QED) is 0.173. The zero-order valence-electron chi connectivity index (χ0n) is 16.7. The molecule has 0 atom stereocenters. The fourth-order valence-corrected chi connectivity index (χ4v) is 4.27. The van der Waals surface area contributed by atoms with E-state index in [1.165, 1.54) is 17.8 Å². The van der Waals surface area contributed by atoms with Gasteiger partial charge >= 0.3 is 5.97 Å². The van der Waals surface area contributed by atoms with Gasteiger partial charge in [0.15, 0.2) is 0 Å². The molecule has 3 rings (SSSR count). The summed E-state index contributed by atoms with van der Waals surface area (Å²) in [6.07, 6.45) is 5.43. The van der Waals surface area contributed by atoms with Crippen molar-refractivity contribution in [2.45, 2.75) is 6.42 Å². The van der Waals surface area contributed by atoms with Gasteiger partial charge in [-0.2, -0.15) is 0 Å². The summed E-state index contributed by atoms with van der Waals surface area (Å²) in [5.74, 6) is -0.214. The van der Waals surface area contributed by atoms with Crippen LogP contribution in [0, 0.1) is 0 Å². The number of carbonyl (C=O) groups is 2. The Morgan fingerprint density at radius 3 is 2.65 bits per heavy atom. The summed E-state index contributed by atoms with van der Waals surface area (Å²) < 4.78 is 10.9. The zero-order chi connectivity index (χ0) is 22.2. The minimum Gasteiger partial charge on any atom is -0.423 e. The number of ether oxygens (including phenoxy) is 2. The van der Waals surface area contributed by atoms with Gasteiger partial charge < -0.3 is 9.47 Å². The van der Waals surface area contributed by atoms with Crippen molar-refractivity contribution in [3.05, 3.63) is 75.7 Å². The van der Waals surface area contributed by atoms with Crippen LogP contribution in [0.25, 0.3) is 12.2 Å². The molecule has 0 radical (unpaired) electrons. The number of halogens is 1. The van der Waals surface area contributed by atoms with E-state index in [4.69, 9.17) is 33.3 Å². The van der Waals surface area contributed by atoms with E-state index in [2.05, 4.69) is 0 Å². The fourth-order valence-electron chi connectivity index (χ4n) is 2.76. The molecule has 1 aliphatic heterocycles. The van der Waals surface area contributed by atoms with Gasteiger partial charge in [0.05, 0.1) is 4.91 Å². The molecular weight excluding hydrogens is 454 g/mol. The SMILES string of the molecule is COCCCN1C(=O)C(=Cc2ccc(OC(=O)C=Cc3ccccc3Cl)cc2)SC1=S. The van der Waals surface area contributed by atoms with E-state index >= 15 is 0 Å². The summed E-state index contributed by atoms with van der Waals surface area (Å²) in [5.41, 5.74) is 1.54. The van der Waals surface area contributed by atoms with Crippen molar-refractivity contribution >= 4 is 63.9 Å². The van der Waals surface area contributed by atoms with E-state index in [1.807, 2.05) is 12.1 Å². The minimum absolute atomic E-state index is 0.105. The van der Waals surface area contributed by atoms with Crippen LogP contribution in [-0.4, -0.2) is 41.4 Å². The van der Waals surface area contributed by atoms with Gasteiger partial charge in [0.1, 0.15) is 10.1 Å². The molecule has 0 aromatic heterocycles. The van der Waals surface area contributed by atoms with Gasteiger partial charge in [0.25, 0.3) is 5.91 Å². The smallest absolute Gasteiger partial charge is 0.336 e. The number of nitrogens with zero attached hydrogens (tertiary/aromatic N) is 1. The molecule has 0 unspecified atom stereocenters. The van der Waals surface area contributed by atoms with Crippen LogP contribution < -0.4 is 4.74 Å². The lowest BCUT2D eigenvalue weighted by Crippen LogP contribution is -2.29. The van der Waals surface area contributed by atoms with E-state index < -0.39 is 5.97 Å². The Hall–Kier alpha value is -2.45. The van der Waals surface area contributed by atoms with Crippen molar-refractivity contribution < 1.29 is 19.1 Å². The Balaban J connectivity index is 1.60. The van der Waals surface area contributed by atoms with Crippen molar-refractivity contribution in [3.63, 3.8) is 0 Å². The number of hydrogen-bond donors (Lipinski definition) is 0. The lowest BCUT2D eigenvalue weighted by molar-refractivity contribution is -0.129. The van der Waals surface area contributed by atoms with Gasteiger partial charge in [0, 0.05) is 31.4 Å². The number of carbonyl (C=O) groups excluding carboxylic acids is 2. The molecule has 2 aromatic carbocycles. The van der Waals surface area contributed by atoms with Crippen LogP contribution in [0.3, 0.4) is 0 Å². The first kappa shape index (κ1) is 23.2. The van der Waals surface area contributed by atoms with E-state index in [0.29, 0.717) is 33.1 Å². The van der Waals surface area contributed by atoms with Gasteiger partial charge in [-0.1, -0.05) is 65.9 Å². The van der Waals surface area contributed by atoms with Crippen molar-refractivity contribution in [2.24, 2.45) is 0 Å². The molecule has 1 saturated heterocycles. The maximum atomic E-state index is 12.6. The number of amides is 1. The van der Waals surface area contributed by atoms with Crippen LogP contribution in [0.5, 0.6) is 5.75 Å². The van der Waals surface area contributed by atoms with Crippen LogP contribution in [0.1, 0.15) is 17.5 Å². The summed E-state index contributed by atoms with van der Waals surface area (Å²) in [5, 5.41) is 0.556. The first-order valence-corrected chi connectivity index (χ1v) is 11.1. The van der Waals surface area contributed by atoms with E-state index in [9.17, 15) is 9.59 Å². The van der Waals surface area contributed by atoms with Crippen LogP contribution in [0.2, 0.25) is 5.02 Å². The number of benzene rings is 2. The van der Waals surface area contributed by atoms with Crippen molar-refractivity contribution in [2.75, 3.05) is 20.3 Å². The number of thioether (sulfide) groups is 1. The molecule has 160 valence electrons. The lowest BCUT2D eigenvalue weighted by atomic mass is 10.2. The Labute approximate surface area is 195 Å². The molecule has 1 aliphatic rings. The molecule has 0 aliphatic carbocycles. The second kappa shape index (κ2) is 11.2. The predicted molar refractivity (Wildman–Crippen MR) is 129 cm³/mol. The maximum absolute atomic E-state index is 12.6. The lowest BCUT2D eigenvalue weighted by Gasteiger charge is -2.13. The molecule has 1 fully saturated rings. The standard InChI is InChI=1S/C23H20ClNO4S2/c1-28-14-4-13-25-22(27)20(31-23(25)30)15-16-7-10-18(11-8-16)29-21(26)12-9-17-5-2-3-6-19(17)24/h2-3,5-12,15H,4,13-14H2,1H3. The molecule has 0 bridgehead atoms. The van der Waals surface area contributed by atoms with Gasteiger partial charge in [-0.3, -0.25) is 9.69 Å². The molecule has 0 spiro atoms. The molecule has 2 aromatic rings. The first-order valence-electron chi connectivity index (χ1n) is 9.46. The van der Waals surface area contributed by atoms with Crippen molar-refractivity contribution in [1.82, 2.24) is 4.90 Å². The monoisotopic (exact) mass is 473 g/mol.